The molecule has 1 aliphatic rings. The molecule has 0 aliphatic carbocycles. The topological polar surface area (TPSA) is 44.8 Å². The first-order valence-electron chi connectivity index (χ1n) is 8.65. The van der Waals surface area contributed by atoms with E-state index >= 15 is 0 Å². The standard InChI is InChI=1S/C19H29BO4/c1-8-22-17(21)12-16(15-10-13(2)9-14(3)11-15)20-23-18(4,5)19(6,7)24-20/h9-11,16H,8,12H2,1-7H3. The van der Waals surface area contributed by atoms with Crippen LogP contribution in [0.4, 0.5) is 0 Å². The maximum atomic E-state index is 12.1. The first-order chi connectivity index (χ1) is 11.1. The molecule has 24 heavy (non-hydrogen) atoms. The summed E-state index contributed by atoms with van der Waals surface area (Å²) in [6.45, 7) is 14.4. The van der Waals surface area contributed by atoms with Gasteiger partial charge in [-0.2, -0.15) is 0 Å². The van der Waals surface area contributed by atoms with Crippen LogP contribution in [0.25, 0.3) is 0 Å². The van der Waals surface area contributed by atoms with Crippen molar-refractivity contribution in [3.8, 4) is 0 Å². The summed E-state index contributed by atoms with van der Waals surface area (Å²) in [6.07, 6.45) is 0.244. The molecule has 1 fully saturated rings. The minimum atomic E-state index is -0.472. The highest BCUT2D eigenvalue weighted by Gasteiger charge is 2.54. The van der Waals surface area contributed by atoms with Crippen molar-refractivity contribution >= 4 is 13.1 Å². The van der Waals surface area contributed by atoms with Gasteiger partial charge in [0.2, 0.25) is 0 Å². The molecule has 0 N–H and O–H groups in total. The van der Waals surface area contributed by atoms with Gasteiger partial charge < -0.3 is 14.0 Å². The van der Waals surface area contributed by atoms with Gasteiger partial charge in [-0.15, -0.1) is 0 Å². The highest BCUT2D eigenvalue weighted by Crippen LogP contribution is 2.42. The largest absolute Gasteiger partial charge is 0.466 e. The molecule has 0 radical (unpaired) electrons. The van der Waals surface area contributed by atoms with Gasteiger partial charge in [0.05, 0.1) is 24.2 Å². The Hall–Kier alpha value is -1.33. The third-order valence-electron chi connectivity index (χ3n) is 4.96. The summed E-state index contributed by atoms with van der Waals surface area (Å²) in [5.74, 6) is -0.417. The normalized spacial score (nSPS) is 20.0. The summed E-state index contributed by atoms with van der Waals surface area (Å²) in [5.41, 5.74) is 2.53. The Morgan fingerprint density at radius 2 is 1.58 bits per heavy atom. The maximum Gasteiger partial charge on any atom is 0.466 e. The summed E-state index contributed by atoms with van der Waals surface area (Å²) >= 11 is 0. The second-order valence-corrected chi connectivity index (χ2v) is 7.66. The molecule has 0 bridgehead atoms. The van der Waals surface area contributed by atoms with Crippen LogP contribution in [0.15, 0.2) is 18.2 Å². The molecule has 4 nitrogen and oxygen atoms in total. The lowest BCUT2D eigenvalue weighted by Crippen LogP contribution is -2.41. The zero-order valence-electron chi connectivity index (χ0n) is 15.9. The van der Waals surface area contributed by atoms with Crippen molar-refractivity contribution in [3.05, 3.63) is 34.9 Å². The Bertz CT molecular complexity index is 573. The van der Waals surface area contributed by atoms with Crippen molar-refractivity contribution < 1.29 is 18.8 Å². The van der Waals surface area contributed by atoms with Gasteiger partial charge in [0, 0.05) is 5.82 Å². The molecule has 0 saturated carbocycles. The molecule has 132 valence electrons. The number of esters is 1. The van der Waals surface area contributed by atoms with Crippen LogP contribution >= 0.6 is 0 Å². The number of carbonyl (C=O) groups is 1. The van der Waals surface area contributed by atoms with Gasteiger partial charge in [-0.05, 0) is 54.0 Å². The molecule has 1 unspecified atom stereocenters. The molecule has 2 rings (SSSR count). The number of carbonyl (C=O) groups excluding carboxylic acids is 1. The fourth-order valence-corrected chi connectivity index (χ4v) is 3.05. The van der Waals surface area contributed by atoms with Crippen molar-refractivity contribution in [3.63, 3.8) is 0 Å². The van der Waals surface area contributed by atoms with Crippen LogP contribution in [0.2, 0.25) is 0 Å². The molecule has 1 saturated heterocycles. The van der Waals surface area contributed by atoms with Crippen molar-refractivity contribution in [1.82, 2.24) is 0 Å². The average molecular weight is 332 g/mol. The van der Waals surface area contributed by atoms with Gasteiger partial charge in [-0.25, -0.2) is 0 Å². The van der Waals surface area contributed by atoms with E-state index in [9.17, 15) is 4.79 Å². The molecule has 1 aromatic carbocycles. The van der Waals surface area contributed by atoms with Crippen molar-refractivity contribution in [2.75, 3.05) is 6.61 Å². The molecule has 0 aromatic heterocycles. The second kappa shape index (κ2) is 6.89. The molecule has 1 aromatic rings. The van der Waals surface area contributed by atoms with Gasteiger partial charge in [0.1, 0.15) is 0 Å². The smallest absolute Gasteiger partial charge is 0.466 e. The zero-order valence-corrected chi connectivity index (χ0v) is 15.9. The Kier molecular flexibility index (Phi) is 5.45. The third kappa shape index (κ3) is 4.01. The van der Waals surface area contributed by atoms with E-state index in [2.05, 4.69) is 32.0 Å². The molecular formula is C19H29BO4. The maximum absolute atomic E-state index is 12.1. The van der Waals surface area contributed by atoms with Crippen LogP contribution in [0.1, 0.15) is 63.5 Å². The second-order valence-electron chi connectivity index (χ2n) is 7.66. The number of ether oxygens (including phenoxy) is 1. The van der Waals surface area contributed by atoms with Crippen LogP contribution in [-0.2, 0) is 18.8 Å². The first kappa shape index (κ1) is 19.0. The summed E-state index contributed by atoms with van der Waals surface area (Å²) in [7, 11) is -0.472. The Balaban J connectivity index is 2.35. The van der Waals surface area contributed by atoms with E-state index in [1.807, 2.05) is 34.6 Å². The van der Waals surface area contributed by atoms with E-state index in [4.69, 9.17) is 14.0 Å². The molecule has 5 heteroatoms. The van der Waals surface area contributed by atoms with E-state index in [0.29, 0.717) is 6.61 Å². The van der Waals surface area contributed by atoms with E-state index in [1.165, 1.54) is 0 Å². The SMILES string of the molecule is CCOC(=O)CC(B1OC(C)(C)C(C)(C)O1)c1cc(C)cc(C)c1. The lowest BCUT2D eigenvalue weighted by Gasteiger charge is -2.32. The lowest BCUT2D eigenvalue weighted by molar-refractivity contribution is -0.143. The predicted molar refractivity (Wildman–Crippen MR) is 96.0 cm³/mol. The number of hydrogen-bond donors (Lipinski definition) is 0. The molecule has 1 atom stereocenters. The quantitative estimate of drug-likeness (QED) is 0.604. The first-order valence-corrected chi connectivity index (χ1v) is 8.65. The molecule has 0 amide bonds. The monoisotopic (exact) mass is 332 g/mol. The third-order valence-corrected chi connectivity index (χ3v) is 4.96. The van der Waals surface area contributed by atoms with Crippen LogP contribution < -0.4 is 0 Å². The average Bonchev–Trinajstić information content (AvgIpc) is 2.63. The van der Waals surface area contributed by atoms with Gasteiger partial charge >= 0.3 is 13.1 Å². The highest BCUT2D eigenvalue weighted by atomic mass is 16.7. The summed E-state index contributed by atoms with van der Waals surface area (Å²) in [6, 6.07) is 6.32. The minimum absolute atomic E-state index is 0.191. The predicted octanol–water partition coefficient (Wildman–Crippen LogP) is 3.97. The van der Waals surface area contributed by atoms with Gasteiger partial charge in [-0.3, -0.25) is 4.79 Å². The van der Waals surface area contributed by atoms with Crippen LogP contribution in [0.5, 0.6) is 0 Å². The fraction of sp³-hybridized carbons (Fsp3) is 0.632. The van der Waals surface area contributed by atoms with Crippen molar-refractivity contribution in [2.45, 2.75) is 71.9 Å². The van der Waals surface area contributed by atoms with Crippen LogP contribution in [-0.4, -0.2) is 30.9 Å². The van der Waals surface area contributed by atoms with E-state index < -0.39 is 18.3 Å². The molecule has 1 aliphatic heterocycles. The fourth-order valence-electron chi connectivity index (χ4n) is 3.05. The summed E-state index contributed by atoms with van der Waals surface area (Å²) in [5, 5.41) is 0. The number of aryl methyl sites for hydroxylation is 2. The molecule has 0 spiro atoms. The molecule has 1 heterocycles. The van der Waals surface area contributed by atoms with E-state index in [-0.39, 0.29) is 18.2 Å². The zero-order chi connectivity index (χ0) is 18.1. The van der Waals surface area contributed by atoms with E-state index in [1.54, 1.807) is 0 Å². The Morgan fingerprint density at radius 3 is 2.04 bits per heavy atom. The lowest BCUT2D eigenvalue weighted by atomic mass is 9.66. The number of rotatable bonds is 5. The Labute approximate surface area is 146 Å². The number of benzene rings is 1. The van der Waals surface area contributed by atoms with Gasteiger partial charge in [-0.1, -0.05) is 29.3 Å². The van der Waals surface area contributed by atoms with Gasteiger partial charge in [0.25, 0.3) is 0 Å². The van der Waals surface area contributed by atoms with Crippen LogP contribution in [0.3, 0.4) is 0 Å². The van der Waals surface area contributed by atoms with Crippen molar-refractivity contribution in [2.24, 2.45) is 0 Å². The van der Waals surface area contributed by atoms with Gasteiger partial charge in [0.15, 0.2) is 0 Å². The summed E-state index contributed by atoms with van der Waals surface area (Å²) < 4.78 is 17.6. The summed E-state index contributed by atoms with van der Waals surface area (Å²) in [4.78, 5) is 12.1. The minimum Gasteiger partial charge on any atom is -0.466 e. The van der Waals surface area contributed by atoms with Crippen LogP contribution in [0, 0.1) is 13.8 Å². The van der Waals surface area contributed by atoms with Crippen molar-refractivity contribution in [1.29, 1.82) is 0 Å². The highest BCUT2D eigenvalue weighted by molar-refractivity contribution is 6.48. The Morgan fingerprint density at radius 1 is 1.08 bits per heavy atom. The van der Waals surface area contributed by atoms with E-state index in [0.717, 1.165) is 16.7 Å². The molecular weight excluding hydrogens is 303 g/mol. The number of hydrogen-bond acceptors (Lipinski definition) is 4.